The van der Waals surface area contributed by atoms with E-state index < -0.39 is 18.1 Å². The fourth-order valence-electron chi connectivity index (χ4n) is 3.69. The average molecular weight is 382 g/mol. The first-order valence-corrected chi connectivity index (χ1v) is 9.60. The maximum atomic E-state index is 12.2. The summed E-state index contributed by atoms with van der Waals surface area (Å²) < 4.78 is 5.42. The number of hydrogen-bond acceptors (Lipinski definition) is 4. The Morgan fingerprint density at radius 3 is 2.21 bits per heavy atom. The summed E-state index contributed by atoms with van der Waals surface area (Å²) in [6, 6.07) is 15.2. The maximum absolute atomic E-state index is 12.2. The van der Waals surface area contributed by atoms with Crippen LogP contribution in [-0.2, 0) is 9.53 Å². The standard InChI is InChI=1S/C22H26N2O4/c1-23-13-7-6-12-20(21(25)26)24-22(27)28-14-19-17-10-4-2-8-15(17)16-9-3-5-11-18(16)19/h2-5,8-11,19-20,23H,6-7,12-14H2,1H3,(H,24,27)(H,25,26)/t20-/m0/s1. The van der Waals surface area contributed by atoms with E-state index in [-0.39, 0.29) is 12.5 Å². The first kappa shape index (κ1) is 19.9. The molecule has 1 aliphatic carbocycles. The molecule has 2 aromatic carbocycles. The van der Waals surface area contributed by atoms with Crippen LogP contribution in [0.3, 0.4) is 0 Å². The summed E-state index contributed by atoms with van der Waals surface area (Å²) >= 11 is 0. The van der Waals surface area contributed by atoms with Gasteiger partial charge in [-0.25, -0.2) is 9.59 Å². The molecule has 0 bridgehead atoms. The molecular weight excluding hydrogens is 356 g/mol. The van der Waals surface area contributed by atoms with Crippen LogP contribution in [0.2, 0.25) is 0 Å². The van der Waals surface area contributed by atoms with Crippen LogP contribution < -0.4 is 10.6 Å². The van der Waals surface area contributed by atoms with E-state index >= 15 is 0 Å². The summed E-state index contributed by atoms with van der Waals surface area (Å²) in [7, 11) is 1.85. The lowest BCUT2D eigenvalue weighted by Crippen LogP contribution is -2.41. The fourth-order valence-corrected chi connectivity index (χ4v) is 3.69. The molecular formula is C22H26N2O4. The minimum Gasteiger partial charge on any atom is -0.480 e. The number of ether oxygens (including phenoxy) is 1. The van der Waals surface area contributed by atoms with Gasteiger partial charge in [0.15, 0.2) is 0 Å². The van der Waals surface area contributed by atoms with Crippen LogP contribution in [0.25, 0.3) is 11.1 Å². The van der Waals surface area contributed by atoms with Gasteiger partial charge in [0.25, 0.3) is 0 Å². The summed E-state index contributed by atoms with van der Waals surface area (Å²) in [5.41, 5.74) is 4.55. The third-order valence-corrected chi connectivity index (χ3v) is 5.10. The van der Waals surface area contributed by atoms with Crippen LogP contribution in [0.15, 0.2) is 48.5 Å². The Labute approximate surface area is 164 Å². The monoisotopic (exact) mass is 382 g/mol. The van der Waals surface area contributed by atoms with Gasteiger partial charge in [0.2, 0.25) is 0 Å². The van der Waals surface area contributed by atoms with Crippen molar-refractivity contribution in [3.8, 4) is 11.1 Å². The van der Waals surface area contributed by atoms with E-state index in [4.69, 9.17) is 4.74 Å². The zero-order valence-electron chi connectivity index (χ0n) is 16.0. The van der Waals surface area contributed by atoms with Crippen LogP contribution in [0.4, 0.5) is 4.79 Å². The molecule has 28 heavy (non-hydrogen) atoms. The Morgan fingerprint density at radius 1 is 1.04 bits per heavy atom. The maximum Gasteiger partial charge on any atom is 0.407 e. The molecule has 0 heterocycles. The highest BCUT2D eigenvalue weighted by molar-refractivity contribution is 5.81. The molecule has 0 aromatic heterocycles. The van der Waals surface area contributed by atoms with Crippen molar-refractivity contribution in [1.82, 2.24) is 10.6 Å². The SMILES string of the molecule is CNCCCC[C@H](NC(=O)OCC1c2ccccc2-c2ccccc21)C(=O)O. The molecule has 0 unspecified atom stereocenters. The second-order valence-corrected chi connectivity index (χ2v) is 6.96. The van der Waals surface area contributed by atoms with E-state index in [1.54, 1.807) is 0 Å². The molecule has 0 saturated carbocycles. The third kappa shape index (κ3) is 4.51. The second kappa shape index (κ2) is 9.37. The Kier molecular flexibility index (Phi) is 6.66. The van der Waals surface area contributed by atoms with Crippen molar-refractivity contribution in [3.05, 3.63) is 59.7 Å². The number of rotatable bonds is 9. The van der Waals surface area contributed by atoms with Crippen LogP contribution in [-0.4, -0.2) is 43.4 Å². The third-order valence-electron chi connectivity index (χ3n) is 5.10. The molecule has 0 radical (unpaired) electrons. The van der Waals surface area contributed by atoms with Gasteiger partial charge >= 0.3 is 12.1 Å². The lowest BCUT2D eigenvalue weighted by Gasteiger charge is -2.17. The number of aliphatic carboxylic acids is 1. The summed E-state index contributed by atoms with van der Waals surface area (Å²) in [6.07, 6.45) is 1.25. The van der Waals surface area contributed by atoms with Crippen molar-refractivity contribution in [1.29, 1.82) is 0 Å². The molecule has 2 aromatic rings. The molecule has 3 rings (SSSR count). The molecule has 1 amide bonds. The number of fused-ring (bicyclic) bond motifs is 3. The van der Waals surface area contributed by atoms with Gasteiger partial charge in [-0.2, -0.15) is 0 Å². The second-order valence-electron chi connectivity index (χ2n) is 6.96. The fraction of sp³-hybridized carbons (Fsp3) is 0.364. The Balaban J connectivity index is 1.60. The molecule has 0 saturated heterocycles. The first-order chi connectivity index (χ1) is 13.6. The van der Waals surface area contributed by atoms with Gasteiger partial charge in [0, 0.05) is 5.92 Å². The van der Waals surface area contributed by atoms with Gasteiger partial charge in [0.05, 0.1) is 0 Å². The molecule has 0 aliphatic heterocycles. The molecule has 0 spiro atoms. The molecule has 0 fully saturated rings. The van der Waals surface area contributed by atoms with Crippen LogP contribution in [0, 0.1) is 0 Å². The molecule has 148 valence electrons. The Hall–Kier alpha value is -2.86. The Bertz CT molecular complexity index is 791. The highest BCUT2D eigenvalue weighted by Crippen LogP contribution is 2.44. The number of carbonyl (C=O) groups is 2. The topological polar surface area (TPSA) is 87.7 Å². The summed E-state index contributed by atoms with van der Waals surface area (Å²) in [5.74, 6) is -1.09. The van der Waals surface area contributed by atoms with Gasteiger partial charge in [-0.15, -0.1) is 0 Å². The normalized spacial score (nSPS) is 13.5. The summed E-state index contributed by atoms with van der Waals surface area (Å²) in [5, 5.41) is 14.8. The molecule has 1 aliphatic rings. The number of alkyl carbamates (subject to hydrolysis) is 1. The lowest BCUT2D eigenvalue weighted by atomic mass is 9.98. The van der Waals surface area contributed by atoms with E-state index in [0.29, 0.717) is 12.8 Å². The number of benzene rings is 2. The van der Waals surface area contributed by atoms with Crippen molar-refractivity contribution in [2.45, 2.75) is 31.2 Å². The average Bonchev–Trinajstić information content (AvgIpc) is 3.02. The molecule has 1 atom stereocenters. The highest BCUT2D eigenvalue weighted by Gasteiger charge is 2.29. The molecule has 6 nitrogen and oxygen atoms in total. The van der Waals surface area contributed by atoms with Crippen molar-refractivity contribution >= 4 is 12.1 Å². The van der Waals surface area contributed by atoms with E-state index in [1.165, 1.54) is 0 Å². The Morgan fingerprint density at radius 2 is 1.64 bits per heavy atom. The summed E-state index contributed by atoms with van der Waals surface area (Å²) in [4.78, 5) is 23.6. The van der Waals surface area contributed by atoms with Crippen LogP contribution in [0.1, 0.15) is 36.3 Å². The van der Waals surface area contributed by atoms with Crippen molar-refractivity contribution in [2.75, 3.05) is 20.2 Å². The first-order valence-electron chi connectivity index (χ1n) is 9.60. The van der Waals surface area contributed by atoms with Gasteiger partial charge in [-0.1, -0.05) is 48.5 Å². The van der Waals surface area contributed by atoms with E-state index in [2.05, 4.69) is 22.8 Å². The van der Waals surface area contributed by atoms with Crippen LogP contribution in [0.5, 0.6) is 0 Å². The number of hydrogen-bond donors (Lipinski definition) is 3. The summed E-state index contributed by atoms with van der Waals surface area (Å²) in [6.45, 7) is 0.989. The number of nitrogens with one attached hydrogen (secondary N) is 2. The van der Waals surface area contributed by atoms with Crippen molar-refractivity contribution in [2.24, 2.45) is 0 Å². The van der Waals surface area contributed by atoms with Crippen LogP contribution >= 0.6 is 0 Å². The van der Waals surface area contributed by atoms with E-state index in [0.717, 1.165) is 35.2 Å². The minimum atomic E-state index is -1.04. The van der Waals surface area contributed by atoms with Crippen molar-refractivity contribution in [3.63, 3.8) is 0 Å². The predicted molar refractivity (Wildman–Crippen MR) is 107 cm³/mol. The van der Waals surface area contributed by atoms with E-state index in [9.17, 15) is 14.7 Å². The highest BCUT2D eigenvalue weighted by atomic mass is 16.5. The van der Waals surface area contributed by atoms with Gasteiger partial charge in [-0.3, -0.25) is 0 Å². The molecule has 6 heteroatoms. The van der Waals surface area contributed by atoms with Gasteiger partial charge < -0.3 is 20.5 Å². The van der Waals surface area contributed by atoms with Crippen molar-refractivity contribution < 1.29 is 19.4 Å². The number of carboxylic acid groups (broad SMARTS) is 1. The lowest BCUT2D eigenvalue weighted by molar-refractivity contribution is -0.139. The quantitative estimate of drug-likeness (QED) is 0.579. The number of carbonyl (C=O) groups excluding carboxylic acids is 1. The zero-order valence-corrected chi connectivity index (χ0v) is 16.0. The number of unbranched alkanes of at least 4 members (excludes halogenated alkanes) is 1. The van der Waals surface area contributed by atoms with Gasteiger partial charge in [0.1, 0.15) is 12.6 Å². The largest absolute Gasteiger partial charge is 0.480 e. The zero-order chi connectivity index (χ0) is 19.9. The number of amides is 1. The predicted octanol–water partition coefficient (Wildman–Crippen LogP) is 3.37. The number of carboxylic acids is 1. The minimum absolute atomic E-state index is 0.0444. The smallest absolute Gasteiger partial charge is 0.407 e. The molecule has 3 N–H and O–H groups in total. The van der Waals surface area contributed by atoms with E-state index in [1.807, 2.05) is 43.4 Å². The van der Waals surface area contributed by atoms with Gasteiger partial charge in [-0.05, 0) is 55.1 Å².